The topological polar surface area (TPSA) is 99.2 Å². The Morgan fingerprint density at radius 1 is 1.18 bits per heavy atom. The number of thioether (sulfide) groups is 1. The lowest BCUT2D eigenvalue weighted by atomic mass is 10.1. The first kappa shape index (κ1) is 25.1. The number of nitrogens with zero attached hydrogens (tertiary/aromatic N) is 1. The second-order valence-electron chi connectivity index (χ2n) is 6.50. The van der Waals surface area contributed by atoms with E-state index in [1.807, 2.05) is 22.6 Å². The smallest absolute Gasteiger partial charge is 0.343 e. The molecular formula is C22H17ClINO7S. The van der Waals surface area contributed by atoms with Crippen molar-refractivity contribution in [1.29, 1.82) is 0 Å². The van der Waals surface area contributed by atoms with Gasteiger partial charge in [-0.1, -0.05) is 11.6 Å². The lowest BCUT2D eigenvalue weighted by molar-refractivity contribution is -0.143. The zero-order chi connectivity index (χ0) is 24.1. The maximum absolute atomic E-state index is 12.6. The molecule has 33 heavy (non-hydrogen) atoms. The van der Waals surface area contributed by atoms with Crippen LogP contribution in [0.5, 0.6) is 11.5 Å². The highest BCUT2D eigenvalue weighted by atomic mass is 127. The fourth-order valence-electron chi connectivity index (χ4n) is 2.75. The highest BCUT2D eigenvalue weighted by molar-refractivity contribution is 14.1. The number of carbonyl (C=O) groups excluding carboxylic acids is 4. The lowest BCUT2D eigenvalue weighted by Crippen LogP contribution is -2.34. The van der Waals surface area contributed by atoms with Crippen LogP contribution in [0.3, 0.4) is 0 Å². The molecule has 0 atom stereocenters. The third kappa shape index (κ3) is 6.06. The summed E-state index contributed by atoms with van der Waals surface area (Å²) in [5.41, 5.74) is 0.874. The molecule has 0 aromatic heterocycles. The first-order valence-corrected chi connectivity index (χ1v) is 11.8. The molecule has 1 aliphatic rings. The Labute approximate surface area is 212 Å². The van der Waals surface area contributed by atoms with E-state index in [9.17, 15) is 19.2 Å². The molecule has 2 aromatic rings. The van der Waals surface area contributed by atoms with E-state index < -0.39 is 29.6 Å². The van der Waals surface area contributed by atoms with E-state index in [2.05, 4.69) is 4.74 Å². The molecule has 0 bridgehead atoms. The number of amides is 2. The zero-order valence-electron chi connectivity index (χ0n) is 17.4. The molecule has 0 N–H and O–H groups in total. The summed E-state index contributed by atoms with van der Waals surface area (Å²) < 4.78 is 16.3. The summed E-state index contributed by atoms with van der Waals surface area (Å²) in [4.78, 5) is 49.7. The van der Waals surface area contributed by atoms with Gasteiger partial charge < -0.3 is 14.2 Å². The van der Waals surface area contributed by atoms with Crippen LogP contribution in [0.1, 0.15) is 22.8 Å². The van der Waals surface area contributed by atoms with Gasteiger partial charge in [0.25, 0.3) is 11.1 Å². The van der Waals surface area contributed by atoms with Crippen molar-refractivity contribution in [2.45, 2.75) is 6.92 Å². The van der Waals surface area contributed by atoms with Crippen molar-refractivity contribution in [1.82, 2.24) is 4.90 Å². The van der Waals surface area contributed by atoms with E-state index in [0.717, 1.165) is 16.7 Å². The minimum absolute atomic E-state index is 0.146. The number of rotatable bonds is 7. The van der Waals surface area contributed by atoms with Crippen LogP contribution in [0.15, 0.2) is 41.3 Å². The van der Waals surface area contributed by atoms with E-state index in [-0.39, 0.29) is 10.7 Å². The molecule has 3 rings (SSSR count). The predicted octanol–water partition coefficient (Wildman–Crippen LogP) is 4.77. The van der Waals surface area contributed by atoms with Crippen molar-refractivity contribution < 1.29 is 33.4 Å². The third-order valence-electron chi connectivity index (χ3n) is 4.29. The lowest BCUT2D eigenvalue weighted by Gasteiger charge is -2.14. The molecule has 11 heteroatoms. The Bertz CT molecular complexity index is 1150. The molecule has 1 heterocycles. The number of hydrogen-bond acceptors (Lipinski definition) is 8. The van der Waals surface area contributed by atoms with Gasteiger partial charge in [-0.15, -0.1) is 0 Å². The van der Waals surface area contributed by atoms with Gasteiger partial charge in [-0.3, -0.25) is 19.3 Å². The maximum atomic E-state index is 12.6. The summed E-state index contributed by atoms with van der Waals surface area (Å²) >= 11 is 8.58. The van der Waals surface area contributed by atoms with Crippen molar-refractivity contribution in [3.05, 3.63) is 61.0 Å². The van der Waals surface area contributed by atoms with Gasteiger partial charge in [0, 0.05) is 5.02 Å². The normalized spacial score (nSPS) is 14.5. The van der Waals surface area contributed by atoms with Crippen molar-refractivity contribution in [3.8, 4) is 11.5 Å². The second kappa shape index (κ2) is 11.0. The van der Waals surface area contributed by atoms with E-state index in [1.165, 1.54) is 13.2 Å². The van der Waals surface area contributed by atoms with Crippen LogP contribution >= 0.6 is 46.0 Å². The number of methoxy groups -OCH3 is 1. The van der Waals surface area contributed by atoms with E-state index in [1.54, 1.807) is 43.3 Å². The molecule has 0 spiro atoms. The first-order valence-electron chi connectivity index (χ1n) is 9.49. The fourth-order valence-corrected chi connectivity index (χ4v) is 4.45. The van der Waals surface area contributed by atoms with Crippen LogP contribution < -0.4 is 9.47 Å². The molecule has 2 amide bonds. The van der Waals surface area contributed by atoms with Crippen LogP contribution in [0, 0.1) is 3.57 Å². The summed E-state index contributed by atoms with van der Waals surface area (Å²) in [5.74, 6) is -1.34. The van der Waals surface area contributed by atoms with Crippen molar-refractivity contribution in [3.63, 3.8) is 0 Å². The monoisotopic (exact) mass is 601 g/mol. The molecule has 0 saturated carbocycles. The summed E-state index contributed by atoms with van der Waals surface area (Å²) in [7, 11) is 1.18. The van der Waals surface area contributed by atoms with Crippen molar-refractivity contribution in [2.75, 3.05) is 20.3 Å². The van der Waals surface area contributed by atoms with Crippen LogP contribution in [-0.2, 0) is 14.3 Å². The number of benzene rings is 2. The number of halogens is 2. The van der Waals surface area contributed by atoms with E-state index >= 15 is 0 Å². The SMILES string of the molecule is CCOc1cc(/C=C2\SC(=O)N(CC(=O)OC)C2=O)cc(I)c1OC(=O)c1ccc(Cl)cc1. The Kier molecular flexibility index (Phi) is 8.38. The minimum atomic E-state index is -0.696. The van der Waals surface area contributed by atoms with Crippen LogP contribution in [0.4, 0.5) is 4.79 Å². The number of esters is 2. The average Bonchev–Trinajstić information content (AvgIpc) is 3.03. The zero-order valence-corrected chi connectivity index (χ0v) is 21.2. The summed E-state index contributed by atoms with van der Waals surface area (Å²) in [6, 6.07) is 9.56. The highest BCUT2D eigenvalue weighted by Crippen LogP contribution is 2.38. The fraction of sp³-hybridized carbons (Fsp3) is 0.182. The highest BCUT2D eigenvalue weighted by Gasteiger charge is 2.36. The van der Waals surface area contributed by atoms with Crippen LogP contribution in [0.2, 0.25) is 5.02 Å². The van der Waals surface area contributed by atoms with Crippen molar-refractivity contribution in [2.24, 2.45) is 0 Å². The van der Waals surface area contributed by atoms with Gasteiger partial charge >= 0.3 is 11.9 Å². The number of ether oxygens (including phenoxy) is 3. The number of hydrogen-bond donors (Lipinski definition) is 0. The van der Waals surface area contributed by atoms with Gasteiger partial charge in [-0.05, 0) is 89.3 Å². The maximum Gasteiger partial charge on any atom is 0.343 e. The Morgan fingerprint density at radius 3 is 2.52 bits per heavy atom. The van der Waals surface area contributed by atoms with Gasteiger partial charge in [0.05, 0.1) is 27.8 Å². The van der Waals surface area contributed by atoms with Gasteiger partial charge in [0.2, 0.25) is 0 Å². The minimum Gasteiger partial charge on any atom is -0.490 e. The Hall–Kier alpha value is -2.57. The standard InChI is InChI=1S/C22H17ClINO7S/c1-3-31-16-9-12(10-17-20(27)25(22(29)33-17)11-18(26)30-2)8-15(24)19(16)32-21(28)13-4-6-14(23)7-5-13/h4-10H,3,11H2,1-2H3/b17-10-. The molecular weight excluding hydrogens is 585 g/mol. The van der Waals surface area contributed by atoms with Gasteiger partial charge in [-0.25, -0.2) is 4.79 Å². The second-order valence-corrected chi connectivity index (χ2v) is 9.10. The number of imide groups is 1. The largest absolute Gasteiger partial charge is 0.490 e. The van der Waals surface area contributed by atoms with Gasteiger partial charge in [0.1, 0.15) is 6.54 Å². The number of carbonyl (C=O) groups is 4. The molecule has 1 aliphatic heterocycles. The van der Waals surface area contributed by atoms with Gasteiger partial charge in [0.15, 0.2) is 11.5 Å². The molecule has 0 unspecified atom stereocenters. The predicted molar refractivity (Wildman–Crippen MR) is 131 cm³/mol. The van der Waals surface area contributed by atoms with Crippen LogP contribution in [0.25, 0.3) is 6.08 Å². The molecule has 2 aromatic carbocycles. The first-order chi connectivity index (χ1) is 15.7. The molecule has 172 valence electrons. The van der Waals surface area contributed by atoms with Crippen molar-refractivity contribution >= 4 is 75.1 Å². The summed E-state index contributed by atoms with van der Waals surface area (Å²) in [6.45, 7) is 1.63. The Morgan fingerprint density at radius 2 is 1.88 bits per heavy atom. The molecule has 1 saturated heterocycles. The molecule has 1 fully saturated rings. The van der Waals surface area contributed by atoms with Crippen LogP contribution in [-0.4, -0.2) is 48.2 Å². The quantitative estimate of drug-likeness (QED) is 0.194. The summed E-state index contributed by atoms with van der Waals surface area (Å²) in [5, 5.41) is -0.0682. The summed E-state index contributed by atoms with van der Waals surface area (Å²) in [6.07, 6.45) is 1.51. The van der Waals surface area contributed by atoms with E-state index in [4.69, 9.17) is 21.1 Å². The van der Waals surface area contributed by atoms with E-state index in [0.29, 0.717) is 32.1 Å². The van der Waals surface area contributed by atoms with Gasteiger partial charge in [-0.2, -0.15) is 0 Å². The Balaban J connectivity index is 1.88. The molecule has 8 nitrogen and oxygen atoms in total. The molecule has 0 aliphatic carbocycles. The average molecular weight is 602 g/mol. The molecule has 0 radical (unpaired) electrons. The third-order valence-corrected chi connectivity index (χ3v) is 6.25.